The Bertz CT molecular complexity index is 1640. The Morgan fingerprint density at radius 3 is 2.38 bits per heavy atom. The molecule has 5 rings (SSSR count). The van der Waals surface area contributed by atoms with Gasteiger partial charge in [-0.2, -0.15) is 0 Å². The largest absolute Gasteiger partial charge is 0.507 e. The monoisotopic (exact) mass is 625 g/mol. The summed E-state index contributed by atoms with van der Waals surface area (Å²) in [7, 11) is 0. The smallest absolute Gasteiger partial charge is 0.301 e. The SMILES string of the molecule is CCOc1ccc(C2C(=C(O)c3ccc(F)cc3)C(=O)C(=O)N2c2nnc(SCc3ccc(Cl)cc3)s2)cc1OCC. The van der Waals surface area contributed by atoms with Crippen molar-refractivity contribution in [2.75, 3.05) is 18.1 Å². The predicted molar refractivity (Wildman–Crippen MR) is 161 cm³/mol. The Morgan fingerprint density at radius 1 is 1.00 bits per heavy atom. The summed E-state index contributed by atoms with van der Waals surface area (Å²) in [4.78, 5) is 28.2. The van der Waals surface area contributed by atoms with Crippen LogP contribution in [0.25, 0.3) is 5.76 Å². The number of hydrogen-bond donors (Lipinski definition) is 1. The lowest BCUT2D eigenvalue weighted by atomic mass is 9.95. The summed E-state index contributed by atoms with van der Waals surface area (Å²) in [6.45, 7) is 4.43. The maximum Gasteiger partial charge on any atom is 0.301 e. The number of aliphatic hydroxyl groups is 1. The minimum atomic E-state index is -1.06. The number of aromatic nitrogens is 2. The fraction of sp³-hybridized carbons (Fsp3) is 0.200. The zero-order valence-corrected chi connectivity index (χ0v) is 24.9. The number of amides is 1. The van der Waals surface area contributed by atoms with E-state index in [0.29, 0.717) is 45.4 Å². The number of benzene rings is 3. The van der Waals surface area contributed by atoms with E-state index in [2.05, 4.69) is 10.2 Å². The maximum atomic E-state index is 13.6. The van der Waals surface area contributed by atoms with Gasteiger partial charge in [-0.15, -0.1) is 10.2 Å². The molecule has 12 heteroatoms. The molecule has 1 fully saturated rings. The van der Waals surface area contributed by atoms with Crippen LogP contribution in [0, 0.1) is 5.82 Å². The summed E-state index contributed by atoms with van der Waals surface area (Å²) in [5.74, 6) is -1.21. The van der Waals surface area contributed by atoms with Crippen LogP contribution in [0.4, 0.5) is 9.52 Å². The van der Waals surface area contributed by atoms with Crippen LogP contribution in [0.2, 0.25) is 5.02 Å². The number of anilines is 1. The molecule has 1 unspecified atom stereocenters. The Hall–Kier alpha value is -3.93. The number of hydrogen-bond acceptors (Lipinski definition) is 9. The first-order chi connectivity index (χ1) is 20.3. The topological polar surface area (TPSA) is 102 Å². The summed E-state index contributed by atoms with van der Waals surface area (Å²) in [5.41, 5.74) is 1.53. The first-order valence-electron chi connectivity index (χ1n) is 13.0. The third kappa shape index (κ3) is 6.13. The number of aliphatic hydroxyl groups excluding tert-OH is 1. The van der Waals surface area contributed by atoms with Crippen LogP contribution < -0.4 is 14.4 Å². The molecule has 0 radical (unpaired) electrons. The van der Waals surface area contributed by atoms with Crippen LogP contribution in [-0.2, 0) is 15.3 Å². The number of Topliss-reactive ketones (excluding diaryl/α,β-unsaturated/α-hetero) is 1. The molecule has 42 heavy (non-hydrogen) atoms. The molecule has 0 aliphatic carbocycles. The van der Waals surface area contributed by atoms with E-state index >= 15 is 0 Å². The Kier molecular flexibility index (Phi) is 9.10. The Labute approximate surface area is 254 Å². The zero-order chi connectivity index (χ0) is 29.8. The zero-order valence-electron chi connectivity index (χ0n) is 22.5. The number of ether oxygens (including phenoxy) is 2. The van der Waals surface area contributed by atoms with Crippen molar-refractivity contribution in [1.82, 2.24) is 10.2 Å². The first kappa shape index (κ1) is 29.6. The molecule has 1 atom stereocenters. The maximum absolute atomic E-state index is 13.6. The molecule has 1 aliphatic heterocycles. The van der Waals surface area contributed by atoms with Crippen molar-refractivity contribution >= 4 is 57.3 Å². The van der Waals surface area contributed by atoms with Crippen molar-refractivity contribution in [3.8, 4) is 11.5 Å². The summed E-state index contributed by atoms with van der Waals surface area (Å²) in [5, 5.41) is 20.6. The van der Waals surface area contributed by atoms with Gasteiger partial charge < -0.3 is 14.6 Å². The summed E-state index contributed by atoms with van der Waals surface area (Å²) < 4.78 is 25.7. The van der Waals surface area contributed by atoms with Crippen molar-refractivity contribution in [3.05, 3.63) is 99.8 Å². The highest BCUT2D eigenvalue weighted by molar-refractivity contribution is 8.00. The average molecular weight is 626 g/mol. The van der Waals surface area contributed by atoms with Crippen LogP contribution in [-0.4, -0.2) is 40.2 Å². The molecule has 1 amide bonds. The molecule has 1 saturated heterocycles. The van der Waals surface area contributed by atoms with Gasteiger partial charge in [0.15, 0.2) is 15.8 Å². The number of nitrogens with zero attached hydrogens (tertiary/aromatic N) is 3. The summed E-state index contributed by atoms with van der Waals surface area (Å²) >= 11 is 8.56. The van der Waals surface area contributed by atoms with Crippen molar-refractivity contribution in [2.45, 2.75) is 30.0 Å². The third-order valence-corrected chi connectivity index (χ3v) is 8.70. The average Bonchev–Trinajstić information content (AvgIpc) is 3.56. The highest BCUT2D eigenvalue weighted by Crippen LogP contribution is 2.45. The molecule has 1 N–H and O–H groups in total. The van der Waals surface area contributed by atoms with Gasteiger partial charge in [0.25, 0.3) is 5.78 Å². The molecule has 0 saturated carbocycles. The van der Waals surface area contributed by atoms with Crippen molar-refractivity contribution in [1.29, 1.82) is 0 Å². The van der Waals surface area contributed by atoms with Crippen molar-refractivity contribution in [2.24, 2.45) is 0 Å². The van der Waals surface area contributed by atoms with Crippen LogP contribution in [0.3, 0.4) is 0 Å². The van der Waals surface area contributed by atoms with E-state index in [4.69, 9.17) is 21.1 Å². The van der Waals surface area contributed by atoms with Gasteiger partial charge in [0, 0.05) is 16.3 Å². The number of carbonyl (C=O) groups excluding carboxylic acids is 2. The van der Waals surface area contributed by atoms with Gasteiger partial charge in [-0.3, -0.25) is 14.5 Å². The van der Waals surface area contributed by atoms with Crippen molar-refractivity contribution < 1.29 is 28.6 Å². The van der Waals surface area contributed by atoms with Gasteiger partial charge in [-0.25, -0.2) is 4.39 Å². The summed E-state index contributed by atoms with van der Waals surface area (Å²) in [6, 6.07) is 16.4. The number of ketones is 1. The van der Waals surface area contributed by atoms with E-state index in [0.717, 1.165) is 16.9 Å². The van der Waals surface area contributed by atoms with Crippen LogP contribution in [0.15, 0.2) is 76.6 Å². The number of halogens is 2. The molecule has 3 aromatic carbocycles. The molecule has 8 nitrogen and oxygen atoms in total. The van der Waals surface area contributed by atoms with Gasteiger partial charge in [0.2, 0.25) is 5.13 Å². The molecular weight excluding hydrogens is 601 g/mol. The second-order valence-corrected chi connectivity index (χ2v) is 11.6. The molecule has 1 aliphatic rings. The van der Waals surface area contributed by atoms with Gasteiger partial charge in [-0.1, -0.05) is 52.9 Å². The lowest BCUT2D eigenvalue weighted by molar-refractivity contribution is -0.132. The minimum absolute atomic E-state index is 0.163. The Balaban J connectivity index is 1.57. The number of thioether (sulfide) groups is 1. The highest BCUT2D eigenvalue weighted by Gasteiger charge is 2.48. The van der Waals surface area contributed by atoms with Crippen LogP contribution >= 0.6 is 34.7 Å². The van der Waals surface area contributed by atoms with Gasteiger partial charge in [0.1, 0.15) is 11.6 Å². The first-order valence-corrected chi connectivity index (χ1v) is 15.2. The minimum Gasteiger partial charge on any atom is -0.507 e. The number of carbonyl (C=O) groups is 2. The predicted octanol–water partition coefficient (Wildman–Crippen LogP) is 7.05. The second-order valence-electron chi connectivity index (χ2n) is 9.01. The molecule has 4 aromatic rings. The third-order valence-electron chi connectivity index (χ3n) is 6.32. The quantitative estimate of drug-likeness (QED) is 0.0658. The summed E-state index contributed by atoms with van der Waals surface area (Å²) in [6.07, 6.45) is 0. The lowest BCUT2D eigenvalue weighted by Gasteiger charge is -2.23. The molecule has 2 heterocycles. The van der Waals surface area contributed by atoms with E-state index in [1.54, 1.807) is 30.3 Å². The van der Waals surface area contributed by atoms with E-state index in [-0.39, 0.29) is 16.3 Å². The fourth-order valence-electron chi connectivity index (χ4n) is 4.43. The van der Waals surface area contributed by atoms with Gasteiger partial charge >= 0.3 is 5.91 Å². The van der Waals surface area contributed by atoms with Crippen molar-refractivity contribution in [3.63, 3.8) is 0 Å². The van der Waals surface area contributed by atoms with E-state index in [1.807, 2.05) is 26.0 Å². The lowest BCUT2D eigenvalue weighted by Crippen LogP contribution is -2.29. The van der Waals surface area contributed by atoms with Crippen LogP contribution in [0.5, 0.6) is 11.5 Å². The van der Waals surface area contributed by atoms with E-state index in [9.17, 15) is 19.1 Å². The van der Waals surface area contributed by atoms with Gasteiger partial charge in [-0.05, 0) is 73.5 Å². The standard InChI is InChI=1S/C30H25ClFN3O5S2/c1-3-39-22-14-9-19(15-23(22)40-4-2)25-24(26(36)18-7-12-21(32)13-8-18)27(37)28(38)35(25)29-33-34-30(42-29)41-16-17-5-10-20(31)11-6-17/h5-15,25,36H,3-4,16H2,1-2H3. The Morgan fingerprint density at radius 2 is 1.69 bits per heavy atom. The van der Waals surface area contributed by atoms with E-state index < -0.39 is 29.3 Å². The number of rotatable bonds is 10. The highest BCUT2D eigenvalue weighted by atomic mass is 35.5. The van der Waals surface area contributed by atoms with E-state index in [1.165, 1.54) is 40.9 Å². The van der Waals surface area contributed by atoms with Crippen LogP contribution in [0.1, 0.15) is 36.6 Å². The van der Waals surface area contributed by atoms with Gasteiger partial charge in [0.05, 0.1) is 24.8 Å². The second kappa shape index (κ2) is 12.9. The normalized spacial score (nSPS) is 16.2. The molecule has 0 spiro atoms. The molecule has 216 valence electrons. The molecular formula is C30H25ClFN3O5S2. The fourth-order valence-corrected chi connectivity index (χ4v) is 6.38. The molecule has 1 aromatic heterocycles. The molecule has 0 bridgehead atoms.